The second-order valence-corrected chi connectivity index (χ2v) is 9.98. The Labute approximate surface area is 214 Å². The number of amides is 2. The minimum Gasteiger partial charge on any atom is -0.379 e. The third-order valence-corrected chi connectivity index (χ3v) is 7.72. The molecule has 10 nitrogen and oxygen atoms in total. The Morgan fingerprint density at radius 2 is 1.72 bits per heavy atom. The number of piperidine rings is 1. The van der Waals surface area contributed by atoms with Gasteiger partial charge in [-0.3, -0.25) is 29.3 Å². The van der Waals surface area contributed by atoms with Crippen molar-refractivity contribution in [2.24, 2.45) is 5.41 Å². The molecule has 1 aromatic heterocycles. The Bertz CT molecular complexity index is 900. The molecule has 1 atom stereocenters. The number of ether oxygens (including phenoxy) is 1. The van der Waals surface area contributed by atoms with E-state index in [1.54, 1.807) is 12.4 Å². The largest absolute Gasteiger partial charge is 0.379 e. The quantitative estimate of drug-likeness (QED) is 0.542. The van der Waals surface area contributed by atoms with Crippen LogP contribution in [0.2, 0.25) is 0 Å². The van der Waals surface area contributed by atoms with Crippen LogP contribution in [0.1, 0.15) is 25.3 Å². The normalized spacial score (nSPS) is 22.5. The van der Waals surface area contributed by atoms with Crippen LogP contribution in [0.4, 0.5) is 0 Å². The molecule has 0 aliphatic carbocycles. The van der Waals surface area contributed by atoms with Gasteiger partial charge in [-0.1, -0.05) is 0 Å². The zero-order valence-corrected chi connectivity index (χ0v) is 21.4. The highest BCUT2D eigenvalue weighted by Crippen LogP contribution is 2.34. The fourth-order valence-corrected chi connectivity index (χ4v) is 5.44. The van der Waals surface area contributed by atoms with E-state index < -0.39 is 5.41 Å². The molecule has 0 spiro atoms. The number of nitrogens with one attached hydrogen (secondary N) is 1. The van der Waals surface area contributed by atoms with E-state index in [1.807, 2.05) is 24.0 Å². The predicted octanol–water partition coefficient (Wildman–Crippen LogP) is 0.168. The van der Waals surface area contributed by atoms with Crippen LogP contribution in [0.15, 0.2) is 24.5 Å². The molecular weight excluding hydrogens is 458 g/mol. The minimum absolute atomic E-state index is 0.0262. The topological polar surface area (TPSA) is 105 Å². The van der Waals surface area contributed by atoms with Gasteiger partial charge >= 0.3 is 0 Å². The van der Waals surface area contributed by atoms with Gasteiger partial charge in [-0.25, -0.2) is 0 Å². The Morgan fingerprint density at radius 1 is 1.06 bits per heavy atom. The molecule has 10 heteroatoms. The highest BCUT2D eigenvalue weighted by molar-refractivity contribution is 5.86. The SMILES string of the molecule is CCNC(=O)C(CN1CCN(C(=O)C2(C#N)CCN(Cc3ccncc3)CC2)CC1)N1CCOCC1. The van der Waals surface area contributed by atoms with Crippen molar-refractivity contribution in [1.82, 2.24) is 29.9 Å². The molecule has 2 amide bonds. The summed E-state index contributed by atoms with van der Waals surface area (Å²) in [7, 11) is 0. The average molecular weight is 498 g/mol. The van der Waals surface area contributed by atoms with Gasteiger partial charge in [-0.15, -0.1) is 0 Å². The molecule has 4 rings (SSSR count). The zero-order valence-electron chi connectivity index (χ0n) is 21.4. The van der Waals surface area contributed by atoms with Gasteiger partial charge < -0.3 is 15.0 Å². The summed E-state index contributed by atoms with van der Waals surface area (Å²) in [5, 5.41) is 13.0. The van der Waals surface area contributed by atoms with Crippen LogP contribution in [0.3, 0.4) is 0 Å². The molecule has 0 saturated carbocycles. The van der Waals surface area contributed by atoms with E-state index in [1.165, 1.54) is 5.56 Å². The van der Waals surface area contributed by atoms with Crippen LogP contribution in [0, 0.1) is 16.7 Å². The molecule has 1 aromatic rings. The molecule has 1 N–H and O–H groups in total. The maximum Gasteiger partial charge on any atom is 0.243 e. The third-order valence-electron chi connectivity index (χ3n) is 7.72. The number of likely N-dealkylation sites (tertiary alicyclic amines) is 1. The minimum atomic E-state index is -0.936. The Hall–Kier alpha value is -2.58. The molecule has 3 aliphatic heterocycles. The maximum atomic E-state index is 13.5. The summed E-state index contributed by atoms with van der Waals surface area (Å²) in [4.78, 5) is 39.0. The number of pyridine rings is 1. The second kappa shape index (κ2) is 12.6. The molecule has 0 radical (unpaired) electrons. The highest BCUT2D eigenvalue weighted by Gasteiger charge is 2.45. The lowest BCUT2D eigenvalue weighted by Gasteiger charge is -2.43. The Balaban J connectivity index is 1.29. The summed E-state index contributed by atoms with van der Waals surface area (Å²) in [5.74, 6) is 0.0292. The number of nitriles is 1. The summed E-state index contributed by atoms with van der Waals surface area (Å²) in [6.07, 6.45) is 4.71. The molecule has 0 bridgehead atoms. The third kappa shape index (κ3) is 6.40. The van der Waals surface area contributed by atoms with Crippen LogP contribution in [-0.2, 0) is 20.9 Å². The van der Waals surface area contributed by atoms with Crippen LogP contribution in [0.5, 0.6) is 0 Å². The lowest BCUT2D eigenvalue weighted by molar-refractivity contribution is -0.144. The van der Waals surface area contributed by atoms with E-state index in [0.29, 0.717) is 65.3 Å². The number of likely N-dealkylation sites (N-methyl/N-ethyl adjacent to an activating group) is 1. The number of hydrogen-bond acceptors (Lipinski definition) is 8. The number of nitrogens with zero attached hydrogens (tertiary/aromatic N) is 6. The molecule has 36 heavy (non-hydrogen) atoms. The van der Waals surface area contributed by atoms with Crippen molar-refractivity contribution in [2.45, 2.75) is 32.4 Å². The number of carbonyl (C=O) groups excluding carboxylic acids is 2. The maximum absolute atomic E-state index is 13.5. The van der Waals surface area contributed by atoms with E-state index in [-0.39, 0.29) is 17.9 Å². The number of piperazine rings is 1. The number of morpholine rings is 1. The molecule has 4 heterocycles. The summed E-state index contributed by atoms with van der Waals surface area (Å²) >= 11 is 0. The fourth-order valence-electron chi connectivity index (χ4n) is 5.44. The van der Waals surface area contributed by atoms with E-state index >= 15 is 0 Å². The predicted molar refractivity (Wildman–Crippen MR) is 135 cm³/mol. The molecule has 1 unspecified atom stereocenters. The van der Waals surface area contributed by atoms with Crippen LogP contribution in [-0.4, -0.2) is 121 Å². The van der Waals surface area contributed by atoms with Crippen molar-refractivity contribution < 1.29 is 14.3 Å². The molecule has 3 aliphatic rings. The van der Waals surface area contributed by atoms with Crippen molar-refractivity contribution in [1.29, 1.82) is 5.26 Å². The Morgan fingerprint density at radius 3 is 2.33 bits per heavy atom. The standard InChI is InChI=1S/C26H39N7O3/c1-2-29-24(34)23(32-15-17-36-18-16-32)20-31-11-13-33(14-12-31)25(35)26(21-27)5-9-30(10-6-26)19-22-3-7-28-8-4-22/h3-4,7-8,23H,2,5-6,9-20H2,1H3,(H,29,34). The number of carbonyl (C=O) groups is 2. The van der Waals surface area contributed by atoms with Crippen molar-refractivity contribution in [3.05, 3.63) is 30.1 Å². The smallest absolute Gasteiger partial charge is 0.243 e. The summed E-state index contributed by atoms with van der Waals surface area (Å²) in [6.45, 7) is 10.9. The first-order valence-electron chi connectivity index (χ1n) is 13.2. The van der Waals surface area contributed by atoms with Gasteiger partial charge in [0.2, 0.25) is 11.8 Å². The number of aromatic nitrogens is 1. The van der Waals surface area contributed by atoms with Crippen molar-refractivity contribution in [3.63, 3.8) is 0 Å². The summed E-state index contributed by atoms with van der Waals surface area (Å²) in [6, 6.07) is 6.20. The summed E-state index contributed by atoms with van der Waals surface area (Å²) < 4.78 is 5.47. The van der Waals surface area contributed by atoms with Gasteiger partial charge in [-0.2, -0.15) is 5.26 Å². The van der Waals surface area contributed by atoms with Gasteiger partial charge in [0.25, 0.3) is 0 Å². The van der Waals surface area contributed by atoms with Gasteiger partial charge in [0.05, 0.1) is 19.3 Å². The van der Waals surface area contributed by atoms with E-state index in [4.69, 9.17) is 4.74 Å². The van der Waals surface area contributed by atoms with Crippen LogP contribution in [0.25, 0.3) is 0 Å². The van der Waals surface area contributed by atoms with E-state index in [0.717, 1.165) is 32.7 Å². The molecule has 0 aromatic carbocycles. The van der Waals surface area contributed by atoms with Gasteiger partial charge in [0.15, 0.2) is 0 Å². The first-order chi connectivity index (χ1) is 17.5. The van der Waals surface area contributed by atoms with Crippen LogP contribution < -0.4 is 5.32 Å². The number of hydrogen-bond donors (Lipinski definition) is 1. The average Bonchev–Trinajstić information content (AvgIpc) is 2.93. The van der Waals surface area contributed by atoms with E-state index in [9.17, 15) is 14.9 Å². The second-order valence-electron chi connectivity index (χ2n) is 9.98. The van der Waals surface area contributed by atoms with Crippen molar-refractivity contribution in [3.8, 4) is 6.07 Å². The molecular formula is C26H39N7O3. The van der Waals surface area contributed by atoms with E-state index in [2.05, 4.69) is 31.1 Å². The van der Waals surface area contributed by atoms with Crippen molar-refractivity contribution in [2.75, 3.05) is 78.7 Å². The summed E-state index contributed by atoms with van der Waals surface area (Å²) in [5.41, 5.74) is 0.258. The fraction of sp³-hybridized carbons (Fsp3) is 0.692. The lowest BCUT2D eigenvalue weighted by Crippen LogP contribution is -2.59. The monoisotopic (exact) mass is 497 g/mol. The van der Waals surface area contributed by atoms with Crippen molar-refractivity contribution >= 4 is 11.8 Å². The Kier molecular flexibility index (Phi) is 9.26. The van der Waals surface area contributed by atoms with Gasteiger partial charge in [-0.05, 0) is 37.5 Å². The van der Waals surface area contributed by atoms with Gasteiger partial charge in [0.1, 0.15) is 11.5 Å². The molecule has 196 valence electrons. The first-order valence-corrected chi connectivity index (χ1v) is 13.2. The van der Waals surface area contributed by atoms with Gasteiger partial charge in [0, 0.05) is 84.4 Å². The molecule has 3 fully saturated rings. The molecule has 3 saturated heterocycles. The highest BCUT2D eigenvalue weighted by atomic mass is 16.5. The van der Waals surface area contributed by atoms with Crippen LogP contribution >= 0.6 is 0 Å². The lowest BCUT2D eigenvalue weighted by atomic mass is 9.78. The zero-order chi connectivity index (χ0) is 25.4. The first kappa shape index (κ1) is 26.5. The number of rotatable bonds is 8.